The number of rotatable bonds is 2. The Morgan fingerprint density at radius 3 is 2.78 bits per heavy atom. The lowest BCUT2D eigenvalue weighted by atomic mass is 10.7. The van der Waals surface area contributed by atoms with Gasteiger partial charge in [-0.2, -0.15) is 0 Å². The number of carbonyl (C=O) groups is 1. The van der Waals surface area contributed by atoms with Crippen molar-refractivity contribution in [2.45, 2.75) is 20.1 Å². The van der Waals surface area contributed by atoms with Gasteiger partial charge in [0.1, 0.15) is 0 Å². The van der Waals surface area contributed by atoms with E-state index < -0.39 is 12.2 Å². The van der Waals surface area contributed by atoms with Gasteiger partial charge in [-0.05, 0) is 17.6 Å². The van der Waals surface area contributed by atoms with E-state index in [2.05, 4.69) is 14.8 Å². The number of hydrogen-bond donors (Lipinski definition) is 0. The molecule has 0 aliphatic heterocycles. The second-order valence-electron chi connectivity index (χ2n) is 1.41. The van der Waals surface area contributed by atoms with Crippen LogP contribution in [-0.4, -0.2) is 12.2 Å². The summed E-state index contributed by atoms with van der Waals surface area (Å²) in [4.78, 5) is 12.6. The Kier molecular flexibility index (Phi) is 3.23. The van der Waals surface area contributed by atoms with Gasteiger partial charge in [0.25, 0.3) is 0 Å². The maximum atomic E-state index is 10.1. The van der Waals surface area contributed by atoms with Gasteiger partial charge >= 0.3 is 5.97 Å². The third kappa shape index (κ3) is 4.64. The lowest BCUT2D eigenvalue weighted by Crippen LogP contribution is -2.07. The summed E-state index contributed by atoms with van der Waals surface area (Å²) in [6, 6.07) is 0. The average Bonchev–Trinajstić information content (AvgIpc) is 1.63. The van der Waals surface area contributed by atoms with Gasteiger partial charge in [0.2, 0.25) is 0 Å². The number of ether oxygens (including phenoxy) is 1. The van der Waals surface area contributed by atoms with Crippen molar-refractivity contribution in [1.29, 1.82) is 0 Å². The van der Waals surface area contributed by atoms with E-state index in [1.807, 2.05) is 0 Å². The van der Waals surface area contributed by atoms with E-state index in [9.17, 15) is 4.79 Å². The van der Waals surface area contributed by atoms with Crippen molar-refractivity contribution in [3.8, 4) is 0 Å². The topological polar surface area (TPSA) is 75.1 Å². The van der Waals surface area contributed by atoms with E-state index in [1.54, 1.807) is 0 Å². The highest BCUT2D eigenvalue weighted by Gasteiger charge is 1.98. The summed E-state index contributed by atoms with van der Waals surface area (Å²) in [5, 5.41) is 3.10. The highest BCUT2D eigenvalue weighted by molar-refractivity contribution is 5.66. The first-order valence-electron chi connectivity index (χ1n) is 2.38. The lowest BCUT2D eigenvalue weighted by Gasteiger charge is -2.01. The lowest BCUT2D eigenvalue weighted by molar-refractivity contribution is -0.145. The average molecular weight is 129 g/mol. The first kappa shape index (κ1) is 7.78. The van der Waals surface area contributed by atoms with Gasteiger partial charge in [-0.15, -0.1) is 0 Å². The summed E-state index contributed by atoms with van der Waals surface area (Å²) in [7, 11) is 0. The molecule has 0 bridgehead atoms. The molecule has 0 spiro atoms. The van der Waals surface area contributed by atoms with Crippen LogP contribution in [0.3, 0.4) is 0 Å². The van der Waals surface area contributed by atoms with Gasteiger partial charge in [0, 0.05) is 11.8 Å². The van der Waals surface area contributed by atoms with Crippen LogP contribution in [0.4, 0.5) is 0 Å². The quantitative estimate of drug-likeness (QED) is 0.243. The predicted molar refractivity (Wildman–Crippen MR) is 30.4 cm³/mol. The normalized spacial score (nSPS) is 11.3. The largest absolute Gasteiger partial charge is 0.457 e. The van der Waals surface area contributed by atoms with Gasteiger partial charge in [0.15, 0.2) is 6.23 Å². The van der Waals surface area contributed by atoms with E-state index in [4.69, 9.17) is 5.53 Å². The summed E-state index contributed by atoms with van der Waals surface area (Å²) in [5.41, 5.74) is 7.82. The minimum atomic E-state index is -0.701. The molecule has 1 unspecified atom stereocenters. The molecule has 9 heavy (non-hydrogen) atoms. The molecule has 5 heteroatoms. The zero-order valence-electron chi connectivity index (χ0n) is 5.24. The maximum Gasteiger partial charge on any atom is 0.303 e. The molecule has 0 aromatic carbocycles. The molecule has 1 atom stereocenters. The number of esters is 1. The first-order chi connectivity index (χ1) is 4.16. The van der Waals surface area contributed by atoms with Crippen molar-refractivity contribution in [3.05, 3.63) is 10.4 Å². The summed E-state index contributed by atoms with van der Waals surface area (Å²) in [6.45, 7) is 2.74. The summed E-state index contributed by atoms with van der Waals surface area (Å²) in [5.74, 6) is -0.449. The summed E-state index contributed by atoms with van der Waals surface area (Å²) in [6.07, 6.45) is -0.701. The maximum absolute atomic E-state index is 10.1. The van der Waals surface area contributed by atoms with Crippen LogP contribution >= 0.6 is 0 Å². The molecule has 0 saturated heterocycles. The standard InChI is InChI=1S/C4H7N3O2/c1-3(6-7-5)9-4(2)8/h3H,1-2H3. The minimum absolute atomic E-state index is 0.449. The fraction of sp³-hybridized carbons (Fsp3) is 0.750. The first-order valence-corrected chi connectivity index (χ1v) is 2.38. The molecular weight excluding hydrogens is 122 g/mol. The van der Waals surface area contributed by atoms with E-state index in [0.717, 1.165) is 0 Å². The number of carbonyl (C=O) groups excluding carboxylic acids is 1. The molecule has 0 heterocycles. The Bertz CT molecular complexity index is 150. The second-order valence-corrected chi connectivity index (χ2v) is 1.41. The van der Waals surface area contributed by atoms with Gasteiger partial charge < -0.3 is 4.74 Å². The molecule has 5 nitrogen and oxygen atoms in total. The Hall–Kier alpha value is -1.22. The van der Waals surface area contributed by atoms with Crippen molar-refractivity contribution < 1.29 is 9.53 Å². The Morgan fingerprint density at radius 1 is 1.89 bits per heavy atom. The molecule has 0 aliphatic carbocycles. The summed E-state index contributed by atoms with van der Waals surface area (Å²) < 4.78 is 4.43. The van der Waals surface area contributed by atoms with Crippen LogP contribution in [0.1, 0.15) is 13.8 Å². The zero-order valence-corrected chi connectivity index (χ0v) is 5.24. The molecule has 0 saturated carbocycles. The molecule has 0 amide bonds. The third-order valence-corrected chi connectivity index (χ3v) is 0.551. The van der Waals surface area contributed by atoms with Crippen molar-refractivity contribution in [2.75, 3.05) is 0 Å². The molecule has 0 radical (unpaired) electrons. The van der Waals surface area contributed by atoms with Crippen LogP contribution in [0.25, 0.3) is 10.4 Å². The molecule has 0 N–H and O–H groups in total. The molecular formula is C4H7N3O2. The van der Waals surface area contributed by atoms with Gasteiger partial charge in [-0.25, -0.2) is 0 Å². The van der Waals surface area contributed by atoms with Gasteiger partial charge in [-0.1, -0.05) is 0 Å². The van der Waals surface area contributed by atoms with Crippen LogP contribution in [-0.2, 0) is 9.53 Å². The van der Waals surface area contributed by atoms with Crippen LogP contribution in [0.2, 0.25) is 0 Å². The van der Waals surface area contributed by atoms with Gasteiger partial charge in [-0.3, -0.25) is 4.79 Å². The van der Waals surface area contributed by atoms with Crippen molar-refractivity contribution in [1.82, 2.24) is 0 Å². The molecule has 0 rings (SSSR count). The zero-order chi connectivity index (χ0) is 7.28. The van der Waals surface area contributed by atoms with Crippen molar-refractivity contribution in [2.24, 2.45) is 5.11 Å². The highest BCUT2D eigenvalue weighted by Crippen LogP contribution is 1.91. The molecule has 0 aromatic heterocycles. The Morgan fingerprint density at radius 2 is 2.44 bits per heavy atom. The van der Waals surface area contributed by atoms with E-state index in [-0.39, 0.29) is 0 Å². The van der Waals surface area contributed by atoms with Crippen LogP contribution in [0.15, 0.2) is 5.11 Å². The van der Waals surface area contributed by atoms with Crippen LogP contribution in [0, 0.1) is 0 Å². The van der Waals surface area contributed by atoms with E-state index in [0.29, 0.717) is 0 Å². The fourth-order valence-corrected chi connectivity index (χ4v) is 0.336. The Labute approximate surface area is 52.2 Å². The SMILES string of the molecule is CC(=O)OC(C)N=[N+]=[N-]. The smallest absolute Gasteiger partial charge is 0.303 e. The minimum Gasteiger partial charge on any atom is -0.457 e. The third-order valence-electron chi connectivity index (χ3n) is 0.551. The second kappa shape index (κ2) is 3.74. The highest BCUT2D eigenvalue weighted by atomic mass is 16.6. The van der Waals surface area contributed by atoms with Crippen molar-refractivity contribution >= 4 is 5.97 Å². The molecule has 50 valence electrons. The monoisotopic (exact) mass is 129 g/mol. The van der Waals surface area contributed by atoms with Gasteiger partial charge in [0.05, 0.1) is 0 Å². The number of hydrogen-bond acceptors (Lipinski definition) is 3. The predicted octanol–water partition coefficient (Wildman–Crippen LogP) is 1.21. The molecule has 0 fully saturated rings. The molecule has 0 aliphatic rings. The number of nitrogens with zero attached hydrogens (tertiary/aromatic N) is 3. The number of azide groups is 1. The Balaban J connectivity index is 3.62. The van der Waals surface area contributed by atoms with Crippen LogP contribution in [0.5, 0.6) is 0 Å². The van der Waals surface area contributed by atoms with Crippen molar-refractivity contribution in [3.63, 3.8) is 0 Å². The van der Waals surface area contributed by atoms with Crippen LogP contribution < -0.4 is 0 Å². The molecule has 0 aromatic rings. The fourth-order valence-electron chi connectivity index (χ4n) is 0.336. The van der Waals surface area contributed by atoms with E-state index in [1.165, 1.54) is 13.8 Å². The summed E-state index contributed by atoms with van der Waals surface area (Å²) >= 11 is 0. The van der Waals surface area contributed by atoms with E-state index >= 15 is 0 Å².